The van der Waals surface area contributed by atoms with Gasteiger partial charge in [0, 0.05) is 12.2 Å². The molecule has 0 N–H and O–H groups in total. The van der Waals surface area contributed by atoms with Crippen molar-refractivity contribution in [2.45, 2.75) is 58.3 Å². The summed E-state index contributed by atoms with van der Waals surface area (Å²) in [5.74, 6) is 2.77. The van der Waals surface area contributed by atoms with Gasteiger partial charge in [-0.2, -0.15) is 0 Å². The maximum absolute atomic E-state index is 12.1. The van der Waals surface area contributed by atoms with Crippen LogP contribution in [0.1, 0.15) is 57.4 Å². The van der Waals surface area contributed by atoms with Gasteiger partial charge in [-0.3, -0.25) is 4.79 Å². The van der Waals surface area contributed by atoms with Crippen LogP contribution in [0.3, 0.4) is 0 Å². The molecule has 0 spiro atoms. The minimum absolute atomic E-state index is 0.252. The van der Waals surface area contributed by atoms with Crippen LogP contribution in [0.15, 0.2) is 12.1 Å². The molecule has 0 fully saturated rings. The van der Waals surface area contributed by atoms with Crippen LogP contribution in [0.2, 0.25) is 0 Å². The van der Waals surface area contributed by atoms with Crippen LogP contribution in [0.25, 0.3) is 0 Å². The van der Waals surface area contributed by atoms with Crippen LogP contribution in [0.4, 0.5) is 0 Å². The van der Waals surface area contributed by atoms with Gasteiger partial charge in [0.25, 0.3) is 0 Å². The molecule has 0 bridgehead atoms. The van der Waals surface area contributed by atoms with Gasteiger partial charge in [0.15, 0.2) is 16.6 Å². The first kappa shape index (κ1) is 21.7. The Morgan fingerprint density at radius 3 is 2.08 bits per heavy atom. The second-order valence-electron chi connectivity index (χ2n) is 6.02. The molecule has 0 heterocycles. The summed E-state index contributed by atoms with van der Waals surface area (Å²) in [5, 5.41) is 0.252. The average molecular weight is 369 g/mol. The normalized spacial score (nSPS) is 10.6. The Kier molecular flexibility index (Phi) is 11.2. The van der Waals surface area contributed by atoms with E-state index < -0.39 is 0 Å². The first-order valence-corrected chi connectivity index (χ1v) is 10.1. The molecule has 0 aliphatic carbocycles. The molecule has 0 saturated carbocycles. The number of unbranched alkanes of at least 4 members (excludes halogenated alkanes) is 5. The van der Waals surface area contributed by atoms with Crippen LogP contribution in [-0.4, -0.2) is 32.2 Å². The van der Waals surface area contributed by atoms with E-state index in [2.05, 4.69) is 6.92 Å². The number of ether oxygens (including phenoxy) is 3. The first-order chi connectivity index (χ1) is 12.2. The van der Waals surface area contributed by atoms with Crippen molar-refractivity contribution in [1.29, 1.82) is 0 Å². The van der Waals surface area contributed by atoms with Gasteiger partial charge in [0.1, 0.15) is 0 Å². The molecule has 0 radical (unpaired) electrons. The third-order valence-electron chi connectivity index (χ3n) is 4.10. The number of carbonyl (C=O) groups is 1. The van der Waals surface area contributed by atoms with Gasteiger partial charge in [-0.15, -0.1) is 0 Å². The van der Waals surface area contributed by atoms with Gasteiger partial charge in [-0.05, 0) is 30.5 Å². The molecule has 0 aliphatic heterocycles. The van der Waals surface area contributed by atoms with E-state index in [0.717, 1.165) is 17.7 Å². The van der Waals surface area contributed by atoms with Gasteiger partial charge in [-0.1, -0.05) is 50.8 Å². The molecule has 0 atom stereocenters. The lowest BCUT2D eigenvalue weighted by atomic mass is 10.1. The van der Waals surface area contributed by atoms with E-state index in [1.54, 1.807) is 21.3 Å². The fourth-order valence-electron chi connectivity index (χ4n) is 2.67. The molecule has 4 nitrogen and oxygen atoms in total. The lowest BCUT2D eigenvalue weighted by Crippen LogP contribution is -2.00. The Morgan fingerprint density at radius 2 is 1.52 bits per heavy atom. The minimum atomic E-state index is 0.252. The van der Waals surface area contributed by atoms with Crippen molar-refractivity contribution in [3.05, 3.63) is 17.7 Å². The van der Waals surface area contributed by atoms with Crippen molar-refractivity contribution in [3.8, 4) is 17.2 Å². The summed E-state index contributed by atoms with van der Waals surface area (Å²) in [5.41, 5.74) is 1.02. The van der Waals surface area contributed by atoms with E-state index in [1.807, 2.05) is 12.1 Å². The zero-order chi connectivity index (χ0) is 18.5. The number of methoxy groups -OCH3 is 3. The van der Waals surface area contributed by atoms with Gasteiger partial charge in [0.05, 0.1) is 21.3 Å². The Morgan fingerprint density at radius 1 is 0.920 bits per heavy atom. The van der Waals surface area contributed by atoms with Crippen LogP contribution in [0, 0.1) is 0 Å². The summed E-state index contributed by atoms with van der Waals surface area (Å²) < 4.78 is 16.0. The SMILES string of the molecule is CCCCCCCCSC(=O)CCc1cc(OC)c(OC)c(OC)c1. The van der Waals surface area contributed by atoms with Crippen molar-refractivity contribution in [1.82, 2.24) is 0 Å². The molecule has 0 unspecified atom stereocenters. The predicted molar refractivity (Wildman–Crippen MR) is 105 cm³/mol. The average Bonchev–Trinajstić information content (AvgIpc) is 2.64. The van der Waals surface area contributed by atoms with E-state index >= 15 is 0 Å². The number of benzene rings is 1. The highest BCUT2D eigenvalue weighted by atomic mass is 32.2. The van der Waals surface area contributed by atoms with Crippen molar-refractivity contribution >= 4 is 16.9 Å². The smallest absolute Gasteiger partial charge is 0.203 e. The number of hydrogen-bond acceptors (Lipinski definition) is 5. The van der Waals surface area contributed by atoms with Crippen LogP contribution >= 0.6 is 11.8 Å². The number of rotatable bonds is 13. The maximum Gasteiger partial charge on any atom is 0.203 e. The number of carbonyl (C=O) groups excluding carboxylic acids is 1. The summed E-state index contributed by atoms with van der Waals surface area (Å²) in [4.78, 5) is 12.1. The molecule has 0 aliphatic rings. The maximum atomic E-state index is 12.1. The van der Waals surface area contributed by atoms with E-state index in [4.69, 9.17) is 14.2 Å². The molecule has 0 aromatic heterocycles. The largest absolute Gasteiger partial charge is 0.493 e. The minimum Gasteiger partial charge on any atom is -0.493 e. The van der Waals surface area contributed by atoms with Gasteiger partial charge in [0.2, 0.25) is 5.75 Å². The van der Waals surface area contributed by atoms with Gasteiger partial charge < -0.3 is 14.2 Å². The molecule has 142 valence electrons. The molecule has 1 aromatic carbocycles. The molecule has 0 amide bonds. The Balaban J connectivity index is 2.38. The Bertz CT molecular complexity index is 491. The molecule has 5 heteroatoms. The predicted octanol–water partition coefficient (Wildman–Crippen LogP) is 5.27. The summed E-state index contributed by atoms with van der Waals surface area (Å²) in [6.45, 7) is 2.22. The third-order valence-corrected chi connectivity index (χ3v) is 5.12. The van der Waals surface area contributed by atoms with Crippen LogP contribution in [0.5, 0.6) is 17.2 Å². The number of thioether (sulfide) groups is 1. The first-order valence-electron chi connectivity index (χ1n) is 9.10. The van der Waals surface area contributed by atoms with Crippen LogP contribution in [-0.2, 0) is 11.2 Å². The highest BCUT2D eigenvalue weighted by Crippen LogP contribution is 2.38. The third kappa shape index (κ3) is 8.04. The van der Waals surface area contributed by atoms with E-state index in [9.17, 15) is 4.79 Å². The molecular formula is C20H32O4S. The lowest BCUT2D eigenvalue weighted by molar-refractivity contribution is -0.110. The topological polar surface area (TPSA) is 44.8 Å². The summed E-state index contributed by atoms with van der Waals surface area (Å²) in [6, 6.07) is 3.82. The second-order valence-corrected chi connectivity index (χ2v) is 7.17. The summed E-state index contributed by atoms with van der Waals surface area (Å²) in [6.07, 6.45) is 8.76. The van der Waals surface area contributed by atoms with Crippen LogP contribution < -0.4 is 14.2 Å². The van der Waals surface area contributed by atoms with Gasteiger partial charge >= 0.3 is 0 Å². The molecule has 25 heavy (non-hydrogen) atoms. The van der Waals surface area contributed by atoms with Crippen molar-refractivity contribution < 1.29 is 19.0 Å². The van der Waals surface area contributed by atoms with Crippen molar-refractivity contribution in [2.24, 2.45) is 0 Å². The number of hydrogen-bond donors (Lipinski definition) is 0. The quantitative estimate of drug-likeness (QED) is 0.444. The molecule has 1 rings (SSSR count). The van der Waals surface area contributed by atoms with E-state index in [0.29, 0.717) is 30.1 Å². The Hall–Kier alpha value is -1.36. The van der Waals surface area contributed by atoms with Crippen molar-refractivity contribution in [3.63, 3.8) is 0 Å². The van der Waals surface area contributed by atoms with E-state index in [1.165, 1.54) is 43.9 Å². The monoisotopic (exact) mass is 368 g/mol. The number of aryl methyl sites for hydroxylation is 1. The highest BCUT2D eigenvalue weighted by Gasteiger charge is 2.14. The summed E-state index contributed by atoms with van der Waals surface area (Å²) in [7, 11) is 4.79. The zero-order valence-corrected chi connectivity index (χ0v) is 16.9. The fourth-order valence-corrected chi connectivity index (χ4v) is 3.49. The van der Waals surface area contributed by atoms with Gasteiger partial charge in [-0.25, -0.2) is 0 Å². The molecular weight excluding hydrogens is 336 g/mol. The standard InChI is InChI=1S/C20H32O4S/c1-5-6-7-8-9-10-13-25-19(21)12-11-16-14-17(22-2)20(24-4)18(15-16)23-3/h14-15H,5-13H2,1-4H3. The lowest BCUT2D eigenvalue weighted by Gasteiger charge is -2.14. The summed E-state index contributed by atoms with van der Waals surface area (Å²) >= 11 is 1.46. The van der Waals surface area contributed by atoms with Crippen molar-refractivity contribution in [2.75, 3.05) is 27.1 Å². The second kappa shape index (κ2) is 12.9. The molecule has 0 saturated heterocycles. The highest BCUT2D eigenvalue weighted by molar-refractivity contribution is 8.13. The zero-order valence-electron chi connectivity index (χ0n) is 16.1. The van der Waals surface area contributed by atoms with E-state index in [-0.39, 0.29) is 5.12 Å². The molecule has 1 aromatic rings. The Labute approximate surface area is 156 Å². The fraction of sp³-hybridized carbons (Fsp3) is 0.650.